The Hall–Kier alpha value is -1.01. The first-order chi connectivity index (χ1) is 6.47. The fraction of sp³-hybridized carbons (Fsp3) is 0.250. The Bertz CT molecular complexity index is 400. The number of hydrogen-bond acceptors (Lipinski definition) is 2. The topological polar surface area (TPSA) is 46.2 Å². The molecule has 78 valence electrons. The van der Waals surface area contributed by atoms with Crippen LogP contribution in [0.2, 0.25) is 0 Å². The van der Waals surface area contributed by atoms with Crippen LogP contribution in [0.4, 0.5) is 8.78 Å². The number of rotatable bonds is 3. The van der Waals surface area contributed by atoms with E-state index in [0.717, 1.165) is 24.3 Å². The van der Waals surface area contributed by atoms with Gasteiger partial charge in [-0.25, -0.2) is 21.9 Å². The Morgan fingerprint density at radius 1 is 1.21 bits per heavy atom. The number of nitrogens with one attached hydrogen (secondary N) is 1. The molecule has 0 aliphatic carbocycles. The number of sulfonamides is 1. The van der Waals surface area contributed by atoms with Crippen LogP contribution in [-0.2, 0) is 10.0 Å². The maximum Gasteiger partial charge on any atom is 0.263 e. The molecular formula is C8H9F2NO2S. The van der Waals surface area contributed by atoms with Crippen LogP contribution in [0.25, 0.3) is 0 Å². The molecule has 0 fully saturated rings. The van der Waals surface area contributed by atoms with Gasteiger partial charge in [0.05, 0.1) is 4.90 Å². The van der Waals surface area contributed by atoms with Gasteiger partial charge in [0.1, 0.15) is 0 Å². The second-order valence-corrected chi connectivity index (χ2v) is 4.46. The molecule has 0 saturated carbocycles. The Morgan fingerprint density at radius 2 is 1.71 bits per heavy atom. The predicted octanol–water partition coefficient (Wildman–Crippen LogP) is 1.53. The molecule has 0 spiro atoms. The molecule has 0 radical (unpaired) electrons. The van der Waals surface area contributed by atoms with E-state index in [2.05, 4.69) is 4.72 Å². The lowest BCUT2D eigenvalue weighted by Gasteiger charge is -2.03. The molecule has 14 heavy (non-hydrogen) atoms. The monoisotopic (exact) mass is 221 g/mol. The molecule has 6 heteroatoms. The van der Waals surface area contributed by atoms with Gasteiger partial charge in [-0.15, -0.1) is 0 Å². The third-order valence-electron chi connectivity index (χ3n) is 1.71. The molecule has 1 aromatic rings. The van der Waals surface area contributed by atoms with Crippen molar-refractivity contribution in [1.29, 1.82) is 0 Å². The summed E-state index contributed by atoms with van der Waals surface area (Å²) in [6, 6.07) is 4.48. The first-order valence-corrected chi connectivity index (χ1v) is 5.27. The maximum absolute atomic E-state index is 12.1. The van der Waals surface area contributed by atoms with Crippen LogP contribution in [-0.4, -0.2) is 15.5 Å². The molecule has 0 aliphatic heterocycles. The average Bonchev–Trinajstić information content (AvgIpc) is 2.18. The van der Waals surface area contributed by atoms with Gasteiger partial charge < -0.3 is 0 Å². The Morgan fingerprint density at radius 3 is 2.07 bits per heavy atom. The van der Waals surface area contributed by atoms with Crippen molar-refractivity contribution in [3.63, 3.8) is 0 Å². The molecule has 0 atom stereocenters. The van der Waals surface area contributed by atoms with Crippen molar-refractivity contribution >= 4 is 10.0 Å². The van der Waals surface area contributed by atoms with E-state index in [1.165, 1.54) is 7.05 Å². The van der Waals surface area contributed by atoms with Crippen molar-refractivity contribution in [3.05, 3.63) is 29.8 Å². The predicted molar refractivity (Wildman–Crippen MR) is 47.6 cm³/mol. The second-order valence-electron chi connectivity index (χ2n) is 2.58. The third-order valence-corrected chi connectivity index (χ3v) is 3.14. The van der Waals surface area contributed by atoms with Crippen LogP contribution in [0.15, 0.2) is 29.2 Å². The number of benzene rings is 1. The molecule has 0 aliphatic rings. The highest BCUT2D eigenvalue weighted by molar-refractivity contribution is 7.89. The summed E-state index contributed by atoms with van der Waals surface area (Å²) >= 11 is 0. The van der Waals surface area contributed by atoms with Gasteiger partial charge in [0.15, 0.2) is 0 Å². The summed E-state index contributed by atoms with van der Waals surface area (Å²) in [7, 11) is -2.28. The van der Waals surface area contributed by atoms with Crippen molar-refractivity contribution in [3.8, 4) is 0 Å². The quantitative estimate of drug-likeness (QED) is 0.841. The van der Waals surface area contributed by atoms with E-state index >= 15 is 0 Å². The minimum absolute atomic E-state index is 0.0237. The van der Waals surface area contributed by atoms with Gasteiger partial charge in [-0.05, 0) is 19.2 Å². The van der Waals surface area contributed by atoms with E-state index in [1.54, 1.807) is 0 Å². The lowest BCUT2D eigenvalue weighted by molar-refractivity contribution is 0.151. The van der Waals surface area contributed by atoms with Gasteiger partial charge in [-0.2, -0.15) is 0 Å². The van der Waals surface area contributed by atoms with Crippen LogP contribution >= 0.6 is 0 Å². The lowest BCUT2D eigenvalue weighted by atomic mass is 10.2. The molecule has 1 rings (SSSR count). The zero-order valence-electron chi connectivity index (χ0n) is 7.37. The summed E-state index contributed by atoms with van der Waals surface area (Å²) in [5.41, 5.74) is -0.194. The average molecular weight is 221 g/mol. The molecule has 1 aromatic carbocycles. The minimum atomic E-state index is -3.54. The van der Waals surface area contributed by atoms with E-state index in [4.69, 9.17) is 0 Å². The summed E-state index contributed by atoms with van der Waals surface area (Å²) in [6.07, 6.45) is -2.58. The highest BCUT2D eigenvalue weighted by Crippen LogP contribution is 2.20. The largest absolute Gasteiger partial charge is 0.263 e. The first kappa shape index (κ1) is 11.1. The van der Waals surface area contributed by atoms with Crippen molar-refractivity contribution in [2.75, 3.05) is 7.05 Å². The van der Waals surface area contributed by atoms with E-state index in [-0.39, 0.29) is 10.5 Å². The van der Waals surface area contributed by atoms with Gasteiger partial charge in [-0.3, -0.25) is 0 Å². The fourth-order valence-corrected chi connectivity index (χ4v) is 1.64. The van der Waals surface area contributed by atoms with Gasteiger partial charge in [-0.1, -0.05) is 12.1 Å². The standard InChI is InChI=1S/C8H9F2NO2S/c1-11-14(12,13)7-4-2-6(3-5-7)8(9)10/h2-5,8,11H,1H3. The van der Waals surface area contributed by atoms with Crippen molar-refractivity contribution in [2.45, 2.75) is 11.3 Å². The molecule has 0 unspecified atom stereocenters. The summed E-state index contributed by atoms with van der Waals surface area (Å²) < 4.78 is 48.7. The smallest absolute Gasteiger partial charge is 0.214 e. The molecule has 0 saturated heterocycles. The van der Waals surface area contributed by atoms with E-state index in [1.807, 2.05) is 0 Å². The Kier molecular flexibility index (Phi) is 3.17. The van der Waals surface area contributed by atoms with Crippen LogP contribution in [0, 0.1) is 0 Å². The van der Waals surface area contributed by atoms with Gasteiger partial charge in [0.2, 0.25) is 10.0 Å². The third kappa shape index (κ3) is 2.27. The fourth-order valence-electron chi connectivity index (χ4n) is 0.910. The Labute approximate surface area is 80.8 Å². The van der Waals surface area contributed by atoms with Crippen molar-refractivity contribution < 1.29 is 17.2 Å². The van der Waals surface area contributed by atoms with E-state index in [0.29, 0.717) is 0 Å². The first-order valence-electron chi connectivity index (χ1n) is 3.79. The molecule has 3 nitrogen and oxygen atoms in total. The number of hydrogen-bond donors (Lipinski definition) is 1. The second kappa shape index (κ2) is 4.02. The van der Waals surface area contributed by atoms with Crippen LogP contribution < -0.4 is 4.72 Å². The highest BCUT2D eigenvalue weighted by atomic mass is 32.2. The summed E-state index contributed by atoms with van der Waals surface area (Å²) in [6.45, 7) is 0. The zero-order chi connectivity index (χ0) is 10.8. The molecule has 0 bridgehead atoms. The molecule has 1 N–H and O–H groups in total. The zero-order valence-corrected chi connectivity index (χ0v) is 8.18. The lowest BCUT2D eigenvalue weighted by Crippen LogP contribution is -2.18. The van der Waals surface area contributed by atoms with Crippen LogP contribution in [0.3, 0.4) is 0 Å². The molecule has 0 aromatic heterocycles. The highest BCUT2D eigenvalue weighted by Gasteiger charge is 2.12. The van der Waals surface area contributed by atoms with Gasteiger partial charge in [0.25, 0.3) is 6.43 Å². The molecular weight excluding hydrogens is 212 g/mol. The normalized spacial score (nSPS) is 12.0. The van der Waals surface area contributed by atoms with Gasteiger partial charge >= 0.3 is 0 Å². The SMILES string of the molecule is CNS(=O)(=O)c1ccc(C(F)F)cc1. The van der Waals surface area contributed by atoms with E-state index < -0.39 is 16.4 Å². The molecule has 0 heterocycles. The van der Waals surface area contributed by atoms with Crippen LogP contribution in [0.1, 0.15) is 12.0 Å². The van der Waals surface area contributed by atoms with Crippen molar-refractivity contribution in [1.82, 2.24) is 4.72 Å². The van der Waals surface area contributed by atoms with Crippen molar-refractivity contribution in [2.24, 2.45) is 0 Å². The maximum atomic E-state index is 12.1. The number of alkyl halides is 2. The van der Waals surface area contributed by atoms with E-state index in [9.17, 15) is 17.2 Å². The molecule has 0 amide bonds. The van der Waals surface area contributed by atoms with Crippen LogP contribution in [0.5, 0.6) is 0 Å². The van der Waals surface area contributed by atoms with Gasteiger partial charge in [0, 0.05) is 5.56 Å². The number of halogens is 2. The summed E-state index contributed by atoms with van der Waals surface area (Å²) in [5, 5.41) is 0. The Balaban J connectivity index is 3.06. The summed E-state index contributed by atoms with van der Waals surface area (Å²) in [4.78, 5) is -0.0237. The minimum Gasteiger partial charge on any atom is -0.214 e. The summed E-state index contributed by atoms with van der Waals surface area (Å²) in [5.74, 6) is 0.